The zero-order valence-electron chi connectivity index (χ0n) is 11.3. The van der Waals surface area contributed by atoms with E-state index in [0.717, 1.165) is 25.9 Å². The number of rotatable bonds is 3. The average Bonchev–Trinajstić information content (AvgIpc) is 2.26. The molecular weight excluding hydrogens is 215 g/mol. The van der Waals surface area contributed by atoms with Gasteiger partial charge < -0.3 is 4.90 Å². The standard InChI is InChI=1S/C14H18B3N/c1-10(2)7-11-3-4-12-5-6-18(14(15,16)17)9-13(12)8-11/h3-4,8,10H,5-7,9H2,1-2H3. The van der Waals surface area contributed by atoms with Crippen molar-refractivity contribution in [3.05, 3.63) is 34.9 Å². The molecule has 1 heterocycles. The SMILES string of the molecule is [B]C([B])([B])N1CCc2ccc(CC(C)C)cc2C1. The Morgan fingerprint density at radius 3 is 2.56 bits per heavy atom. The summed E-state index contributed by atoms with van der Waals surface area (Å²) >= 11 is 0. The lowest BCUT2D eigenvalue weighted by molar-refractivity contribution is 0.253. The first kappa shape index (κ1) is 13.8. The van der Waals surface area contributed by atoms with E-state index in [-0.39, 0.29) is 0 Å². The second kappa shape index (κ2) is 5.17. The smallest absolute Gasteiger partial charge is 0.0698 e. The minimum absolute atomic E-state index is 0.667. The van der Waals surface area contributed by atoms with Crippen LogP contribution >= 0.6 is 0 Å². The van der Waals surface area contributed by atoms with Crippen LogP contribution in [-0.4, -0.2) is 40.2 Å². The van der Waals surface area contributed by atoms with Gasteiger partial charge in [-0.2, -0.15) is 0 Å². The molecule has 1 nitrogen and oxygen atoms in total. The molecule has 0 atom stereocenters. The minimum Gasteiger partial charge on any atom is -0.318 e. The van der Waals surface area contributed by atoms with Gasteiger partial charge in [-0.1, -0.05) is 37.3 Å². The molecule has 0 N–H and O–H groups in total. The minimum atomic E-state index is -1.22. The molecule has 1 aromatic carbocycles. The molecule has 0 unspecified atom stereocenters. The summed E-state index contributed by atoms with van der Waals surface area (Å²) in [6.07, 6.45) is 2.07. The van der Waals surface area contributed by atoms with Crippen LogP contribution in [-0.2, 0) is 19.4 Å². The molecule has 6 radical (unpaired) electrons. The van der Waals surface area contributed by atoms with Crippen LogP contribution in [0.25, 0.3) is 0 Å². The molecule has 0 amide bonds. The molecule has 4 heteroatoms. The fraction of sp³-hybridized carbons (Fsp3) is 0.571. The van der Waals surface area contributed by atoms with Crippen molar-refractivity contribution in [2.24, 2.45) is 5.92 Å². The number of fused-ring (bicyclic) bond motifs is 1. The van der Waals surface area contributed by atoms with Crippen molar-refractivity contribution in [3.63, 3.8) is 0 Å². The highest BCUT2D eigenvalue weighted by molar-refractivity contribution is 6.59. The van der Waals surface area contributed by atoms with E-state index >= 15 is 0 Å². The molecule has 0 aliphatic carbocycles. The Morgan fingerprint density at radius 2 is 1.94 bits per heavy atom. The second-order valence-electron chi connectivity index (χ2n) is 5.76. The maximum Gasteiger partial charge on any atom is 0.0698 e. The first-order chi connectivity index (χ1) is 8.36. The van der Waals surface area contributed by atoms with E-state index in [1.54, 1.807) is 0 Å². The van der Waals surface area contributed by atoms with E-state index in [0.29, 0.717) is 5.92 Å². The van der Waals surface area contributed by atoms with Gasteiger partial charge >= 0.3 is 0 Å². The normalized spacial score (nSPS) is 16.8. The number of nitrogens with zero attached hydrogens (tertiary/aromatic N) is 1. The molecule has 0 spiro atoms. The predicted molar refractivity (Wildman–Crippen MR) is 79.1 cm³/mol. The molecule has 1 aliphatic rings. The van der Waals surface area contributed by atoms with Crippen molar-refractivity contribution in [1.29, 1.82) is 0 Å². The average molecular weight is 233 g/mol. The molecule has 1 aromatic rings. The predicted octanol–water partition coefficient (Wildman–Crippen LogP) is 1.36. The van der Waals surface area contributed by atoms with Crippen LogP contribution in [0.15, 0.2) is 18.2 Å². The lowest BCUT2D eigenvalue weighted by Crippen LogP contribution is -2.52. The summed E-state index contributed by atoms with van der Waals surface area (Å²) in [6, 6.07) is 6.73. The summed E-state index contributed by atoms with van der Waals surface area (Å²) in [5.41, 5.74) is 4.08. The van der Waals surface area contributed by atoms with E-state index in [2.05, 4.69) is 32.0 Å². The monoisotopic (exact) mass is 233 g/mol. The fourth-order valence-corrected chi connectivity index (χ4v) is 2.54. The van der Waals surface area contributed by atoms with Crippen molar-refractivity contribution >= 4 is 23.5 Å². The van der Waals surface area contributed by atoms with E-state index in [4.69, 9.17) is 23.5 Å². The van der Waals surface area contributed by atoms with Crippen LogP contribution in [0, 0.1) is 5.92 Å². The van der Waals surface area contributed by atoms with E-state index in [1.807, 2.05) is 4.90 Å². The van der Waals surface area contributed by atoms with Crippen LogP contribution in [0.2, 0.25) is 0 Å². The molecular formula is C14H18B3N. The van der Waals surface area contributed by atoms with Gasteiger partial charge in [-0.25, -0.2) is 0 Å². The zero-order chi connectivity index (χ0) is 13.3. The molecule has 18 heavy (non-hydrogen) atoms. The Balaban J connectivity index is 2.19. The molecule has 0 saturated carbocycles. The number of benzene rings is 1. The summed E-state index contributed by atoms with van der Waals surface area (Å²) in [6.45, 7) is 6.03. The number of hydrogen-bond donors (Lipinski definition) is 0. The first-order valence-electron chi connectivity index (χ1n) is 6.58. The summed E-state index contributed by atoms with van der Waals surface area (Å²) in [5, 5.41) is -1.22. The van der Waals surface area contributed by atoms with Crippen LogP contribution in [0.4, 0.5) is 0 Å². The van der Waals surface area contributed by atoms with Gasteiger partial charge in [0.25, 0.3) is 0 Å². The molecule has 0 bridgehead atoms. The fourth-order valence-electron chi connectivity index (χ4n) is 2.54. The van der Waals surface area contributed by atoms with Gasteiger partial charge in [-0.05, 0) is 35.4 Å². The lowest BCUT2D eigenvalue weighted by Gasteiger charge is -2.40. The van der Waals surface area contributed by atoms with Gasteiger partial charge in [0.15, 0.2) is 0 Å². The zero-order valence-corrected chi connectivity index (χ0v) is 11.3. The maximum atomic E-state index is 5.77. The number of hydrogen-bond acceptors (Lipinski definition) is 1. The van der Waals surface area contributed by atoms with Gasteiger partial charge in [0.1, 0.15) is 0 Å². The van der Waals surface area contributed by atoms with Crippen molar-refractivity contribution in [2.75, 3.05) is 6.54 Å². The Morgan fingerprint density at radius 1 is 1.22 bits per heavy atom. The first-order valence-corrected chi connectivity index (χ1v) is 6.58. The molecule has 1 aliphatic heterocycles. The van der Waals surface area contributed by atoms with Crippen molar-refractivity contribution < 1.29 is 0 Å². The summed E-state index contributed by atoms with van der Waals surface area (Å²) < 4.78 is 0. The van der Waals surface area contributed by atoms with E-state index in [9.17, 15) is 0 Å². The Kier molecular flexibility index (Phi) is 3.96. The van der Waals surface area contributed by atoms with Gasteiger partial charge in [0, 0.05) is 13.1 Å². The van der Waals surface area contributed by atoms with Crippen LogP contribution in [0.5, 0.6) is 0 Å². The van der Waals surface area contributed by atoms with Gasteiger partial charge in [-0.3, -0.25) is 0 Å². The van der Waals surface area contributed by atoms with Crippen LogP contribution in [0.3, 0.4) is 0 Å². The topological polar surface area (TPSA) is 3.24 Å². The van der Waals surface area contributed by atoms with Crippen molar-refractivity contribution in [1.82, 2.24) is 4.90 Å². The Labute approximate surface area is 115 Å². The quantitative estimate of drug-likeness (QED) is 0.712. The second-order valence-corrected chi connectivity index (χ2v) is 5.76. The van der Waals surface area contributed by atoms with Gasteiger partial charge in [-0.15, -0.1) is 0 Å². The lowest BCUT2D eigenvalue weighted by atomic mass is 9.48. The largest absolute Gasteiger partial charge is 0.318 e. The van der Waals surface area contributed by atoms with Crippen LogP contribution < -0.4 is 0 Å². The highest BCUT2D eigenvalue weighted by Crippen LogP contribution is 2.23. The summed E-state index contributed by atoms with van der Waals surface area (Å²) in [4.78, 5) is 1.93. The Hall–Kier alpha value is -0.625. The third kappa shape index (κ3) is 3.23. The molecule has 2 rings (SSSR count). The molecule has 0 saturated heterocycles. The third-order valence-electron chi connectivity index (χ3n) is 3.47. The van der Waals surface area contributed by atoms with Gasteiger partial charge in [0.05, 0.1) is 23.5 Å². The van der Waals surface area contributed by atoms with Crippen LogP contribution in [0.1, 0.15) is 30.5 Å². The highest BCUT2D eigenvalue weighted by Gasteiger charge is 2.24. The highest BCUT2D eigenvalue weighted by atomic mass is 15.2. The van der Waals surface area contributed by atoms with Crippen molar-refractivity contribution in [2.45, 2.75) is 38.5 Å². The van der Waals surface area contributed by atoms with E-state index < -0.39 is 5.24 Å². The van der Waals surface area contributed by atoms with Gasteiger partial charge in [0.2, 0.25) is 0 Å². The molecule has 88 valence electrons. The molecule has 0 aromatic heterocycles. The van der Waals surface area contributed by atoms with Crippen molar-refractivity contribution in [3.8, 4) is 0 Å². The molecule has 0 fully saturated rings. The summed E-state index contributed by atoms with van der Waals surface area (Å²) in [5.74, 6) is 0.667. The van der Waals surface area contributed by atoms with E-state index in [1.165, 1.54) is 16.7 Å². The Bertz CT molecular complexity index is 424. The summed E-state index contributed by atoms with van der Waals surface area (Å²) in [7, 11) is 17.3. The maximum absolute atomic E-state index is 5.77. The third-order valence-corrected chi connectivity index (χ3v) is 3.47.